The SMILES string of the molecule is CC(C)=CCCC(C)C1C=C(C)C(O)C(C)C1. The van der Waals surface area contributed by atoms with Gasteiger partial charge in [-0.1, -0.05) is 31.6 Å². The van der Waals surface area contributed by atoms with Crippen molar-refractivity contribution in [2.45, 2.75) is 60.0 Å². The van der Waals surface area contributed by atoms with Gasteiger partial charge in [0.15, 0.2) is 0 Å². The molecule has 4 atom stereocenters. The Hall–Kier alpha value is -0.560. The summed E-state index contributed by atoms with van der Waals surface area (Å²) in [6.45, 7) is 10.9. The average molecular weight is 236 g/mol. The Morgan fingerprint density at radius 3 is 2.71 bits per heavy atom. The Kier molecular flexibility index (Phi) is 5.45. The number of hydrogen-bond acceptors (Lipinski definition) is 1. The van der Waals surface area contributed by atoms with Crippen LogP contribution in [0.15, 0.2) is 23.3 Å². The molecule has 0 aromatic rings. The molecular weight excluding hydrogens is 208 g/mol. The molecule has 0 spiro atoms. The minimum absolute atomic E-state index is 0.212. The van der Waals surface area contributed by atoms with Crippen molar-refractivity contribution in [3.63, 3.8) is 0 Å². The Balaban J connectivity index is 2.53. The molecular formula is C16H28O. The first kappa shape index (κ1) is 14.5. The fourth-order valence-electron chi connectivity index (χ4n) is 2.76. The predicted molar refractivity (Wildman–Crippen MR) is 74.9 cm³/mol. The van der Waals surface area contributed by atoms with Crippen LogP contribution in [0.3, 0.4) is 0 Å². The molecule has 0 saturated carbocycles. The quantitative estimate of drug-likeness (QED) is 0.720. The van der Waals surface area contributed by atoms with E-state index in [1.54, 1.807) is 0 Å². The van der Waals surface area contributed by atoms with Gasteiger partial charge in [-0.3, -0.25) is 0 Å². The van der Waals surface area contributed by atoms with Crippen LogP contribution in [0.4, 0.5) is 0 Å². The van der Waals surface area contributed by atoms with E-state index in [0.29, 0.717) is 11.8 Å². The fraction of sp³-hybridized carbons (Fsp3) is 0.750. The summed E-state index contributed by atoms with van der Waals surface area (Å²) < 4.78 is 0. The van der Waals surface area contributed by atoms with E-state index in [-0.39, 0.29) is 6.10 Å². The van der Waals surface area contributed by atoms with Crippen LogP contribution in [0.2, 0.25) is 0 Å². The summed E-state index contributed by atoms with van der Waals surface area (Å²) in [6, 6.07) is 0. The Labute approximate surface area is 107 Å². The minimum Gasteiger partial charge on any atom is -0.388 e. The molecule has 0 radical (unpaired) electrons. The highest BCUT2D eigenvalue weighted by atomic mass is 16.3. The van der Waals surface area contributed by atoms with E-state index in [0.717, 1.165) is 12.3 Å². The molecule has 4 unspecified atom stereocenters. The zero-order chi connectivity index (χ0) is 13.0. The molecule has 98 valence electrons. The lowest BCUT2D eigenvalue weighted by Crippen LogP contribution is -2.28. The van der Waals surface area contributed by atoms with E-state index < -0.39 is 0 Å². The van der Waals surface area contributed by atoms with Crippen LogP contribution in [0.1, 0.15) is 53.9 Å². The molecule has 0 fully saturated rings. The van der Waals surface area contributed by atoms with E-state index in [2.05, 4.69) is 46.8 Å². The van der Waals surface area contributed by atoms with Gasteiger partial charge in [-0.25, -0.2) is 0 Å². The zero-order valence-electron chi connectivity index (χ0n) is 12.0. The topological polar surface area (TPSA) is 20.2 Å². The third kappa shape index (κ3) is 4.31. The first-order valence-electron chi connectivity index (χ1n) is 6.91. The largest absolute Gasteiger partial charge is 0.388 e. The van der Waals surface area contributed by atoms with Crippen molar-refractivity contribution in [2.24, 2.45) is 17.8 Å². The lowest BCUT2D eigenvalue weighted by molar-refractivity contribution is 0.117. The van der Waals surface area contributed by atoms with Crippen molar-refractivity contribution in [1.29, 1.82) is 0 Å². The minimum atomic E-state index is -0.212. The highest BCUT2D eigenvalue weighted by molar-refractivity contribution is 5.13. The van der Waals surface area contributed by atoms with E-state index >= 15 is 0 Å². The average Bonchev–Trinajstić information content (AvgIpc) is 2.24. The Morgan fingerprint density at radius 2 is 2.18 bits per heavy atom. The van der Waals surface area contributed by atoms with Crippen molar-refractivity contribution < 1.29 is 5.11 Å². The van der Waals surface area contributed by atoms with Crippen LogP contribution < -0.4 is 0 Å². The maximum absolute atomic E-state index is 9.92. The normalized spacial score (nSPS) is 30.7. The smallest absolute Gasteiger partial charge is 0.0773 e. The molecule has 1 N–H and O–H groups in total. The van der Waals surface area contributed by atoms with Gasteiger partial charge in [0.1, 0.15) is 0 Å². The van der Waals surface area contributed by atoms with Gasteiger partial charge >= 0.3 is 0 Å². The molecule has 0 aromatic heterocycles. The Morgan fingerprint density at radius 1 is 1.53 bits per heavy atom. The molecule has 1 nitrogen and oxygen atoms in total. The van der Waals surface area contributed by atoms with E-state index in [9.17, 15) is 5.11 Å². The summed E-state index contributed by atoms with van der Waals surface area (Å²) in [5.41, 5.74) is 2.58. The molecule has 0 heterocycles. The van der Waals surface area contributed by atoms with Crippen LogP contribution >= 0.6 is 0 Å². The lowest BCUT2D eigenvalue weighted by Gasteiger charge is -2.32. The third-order valence-electron chi connectivity index (χ3n) is 4.03. The van der Waals surface area contributed by atoms with Gasteiger partial charge in [0, 0.05) is 0 Å². The number of aliphatic hydroxyl groups excluding tert-OH is 1. The molecule has 1 aliphatic rings. The number of aliphatic hydroxyl groups is 1. The molecule has 1 aliphatic carbocycles. The molecule has 1 heteroatoms. The molecule has 0 aliphatic heterocycles. The monoisotopic (exact) mass is 236 g/mol. The van der Waals surface area contributed by atoms with Crippen molar-refractivity contribution in [2.75, 3.05) is 0 Å². The molecule has 0 aromatic carbocycles. The van der Waals surface area contributed by atoms with Gasteiger partial charge in [0.25, 0.3) is 0 Å². The molecule has 0 amide bonds. The summed E-state index contributed by atoms with van der Waals surface area (Å²) in [4.78, 5) is 0. The first-order chi connectivity index (χ1) is 7.91. The van der Waals surface area contributed by atoms with Gasteiger partial charge < -0.3 is 5.11 Å². The second kappa shape index (κ2) is 6.39. The molecule has 0 bridgehead atoms. The summed E-state index contributed by atoms with van der Waals surface area (Å²) >= 11 is 0. The summed E-state index contributed by atoms with van der Waals surface area (Å²) in [7, 11) is 0. The van der Waals surface area contributed by atoms with E-state index in [4.69, 9.17) is 0 Å². The van der Waals surface area contributed by atoms with E-state index in [1.807, 2.05) is 0 Å². The fourth-order valence-corrected chi connectivity index (χ4v) is 2.76. The van der Waals surface area contributed by atoms with Crippen LogP contribution in [0.5, 0.6) is 0 Å². The predicted octanol–water partition coefficient (Wildman–Crippen LogP) is 4.33. The third-order valence-corrected chi connectivity index (χ3v) is 4.03. The second-order valence-corrected chi connectivity index (χ2v) is 6.07. The maximum Gasteiger partial charge on any atom is 0.0773 e. The molecule has 17 heavy (non-hydrogen) atoms. The number of rotatable bonds is 4. The van der Waals surface area contributed by atoms with Crippen molar-refractivity contribution in [3.8, 4) is 0 Å². The highest BCUT2D eigenvalue weighted by Crippen LogP contribution is 2.34. The number of hydrogen-bond donors (Lipinski definition) is 1. The van der Waals surface area contributed by atoms with E-state index in [1.165, 1.54) is 24.0 Å². The standard InChI is InChI=1S/C16H28O/c1-11(2)7-6-8-12(3)15-9-13(4)16(17)14(5)10-15/h7,9,12,14-17H,6,8,10H2,1-5H3. The summed E-state index contributed by atoms with van der Waals surface area (Å²) in [6.07, 6.45) is 7.99. The van der Waals surface area contributed by atoms with Gasteiger partial charge in [-0.15, -0.1) is 0 Å². The highest BCUT2D eigenvalue weighted by Gasteiger charge is 2.27. The van der Waals surface area contributed by atoms with Gasteiger partial charge in [0.05, 0.1) is 6.10 Å². The molecule has 1 rings (SSSR count). The van der Waals surface area contributed by atoms with Crippen LogP contribution in [0.25, 0.3) is 0 Å². The lowest BCUT2D eigenvalue weighted by atomic mass is 9.75. The number of allylic oxidation sites excluding steroid dienone is 3. The van der Waals surface area contributed by atoms with Crippen molar-refractivity contribution >= 4 is 0 Å². The summed E-state index contributed by atoms with van der Waals surface area (Å²) in [5.74, 6) is 1.78. The van der Waals surface area contributed by atoms with Crippen LogP contribution in [0, 0.1) is 17.8 Å². The summed E-state index contributed by atoms with van der Waals surface area (Å²) in [5, 5.41) is 9.92. The van der Waals surface area contributed by atoms with Gasteiger partial charge in [-0.05, 0) is 63.4 Å². The second-order valence-electron chi connectivity index (χ2n) is 6.07. The van der Waals surface area contributed by atoms with Crippen molar-refractivity contribution in [1.82, 2.24) is 0 Å². The van der Waals surface area contributed by atoms with Crippen molar-refractivity contribution in [3.05, 3.63) is 23.3 Å². The first-order valence-corrected chi connectivity index (χ1v) is 6.91. The van der Waals surface area contributed by atoms with Crippen LogP contribution in [-0.2, 0) is 0 Å². The zero-order valence-corrected chi connectivity index (χ0v) is 12.0. The van der Waals surface area contributed by atoms with Gasteiger partial charge in [-0.2, -0.15) is 0 Å². The van der Waals surface area contributed by atoms with Gasteiger partial charge in [0.2, 0.25) is 0 Å². The van der Waals surface area contributed by atoms with Crippen LogP contribution in [-0.4, -0.2) is 11.2 Å². The molecule has 0 saturated heterocycles. The Bertz CT molecular complexity index is 297. The maximum atomic E-state index is 9.92.